The summed E-state index contributed by atoms with van der Waals surface area (Å²) >= 11 is 0. The van der Waals surface area contributed by atoms with Gasteiger partial charge in [0.2, 0.25) is 0 Å². The molecule has 2 N–H and O–H groups in total. The van der Waals surface area contributed by atoms with Gasteiger partial charge in [-0.15, -0.1) is 0 Å². The van der Waals surface area contributed by atoms with Crippen LogP contribution in [0, 0.1) is 0 Å². The Bertz CT molecular complexity index is 1370. The minimum absolute atomic E-state index is 0.285. The average molecular weight is 415 g/mol. The minimum atomic E-state index is -0.285. The number of hydrogen-bond acceptors (Lipinski definition) is 2. The number of rotatable bonds is 4. The van der Waals surface area contributed by atoms with Crippen molar-refractivity contribution in [2.45, 2.75) is 0 Å². The fourth-order valence-electron chi connectivity index (χ4n) is 3.72. The number of carbonyl (C=O) groups is 1. The van der Waals surface area contributed by atoms with Crippen molar-refractivity contribution >= 4 is 28.3 Å². The maximum atomic E-state index is 12.4. The Kier molecular flexibility index (Phi) is 5.33. The zero-order valence-corrected chi connectivity index (χ0v) is 17.3. The fraction of sp³-hybridized carbons (Fsp3) is 0. The molecular formula is C28H21N3O. The molecule has 4 heteroatoms. The van der Waals surface area contributed by atoms with Crippen molar-refractivity contribution in [3.05, 3.63) is 115 Å². The maximum Gasteiger partial charge on any atom is 0.323 e. The van der Waals surface area contributed by atoms with E-state index in [1.807, 2.05) is 84.9 Å². The Hall–Kier alpha value is -4.44. The first-order chi connectivity index (χ1) is 15.8. The first-order valence-corrected chi connectivity index (χ1v) is 10.4. The topological polar surface area (TPSA) is 54.0 Å². The molecule has 1 heterocycles. The highest BCUT2D eigenvalue weighted by atomic mass is 16.2. The number of fused-ring (bicyclic) bond motifs is 1. The van der Waals surface area contributed by atoms with Gasteiger partial charge in [-0.1, -0.05) is 78.9 Å². The van der Waals surface area contributed by atoms with Crippen LogP contribution in [0.25, 0.3) is 33.3 Å². The number of nitrogens with one attached hydrogen (secondary N) is 2. The lowest BCUT2D eigenvalue weighted by atomic mass is 9.97. The molecule has 154 valence electrons. The van der Waals surface area contributed by atoms with Gasteiger partial charge in [-0.25, -0.2) is 9.78 Å². The molecule has 4 nitrogen and oxygen atoms in total. The van der Waals surface area contributed by atoms with Crippen LogP contribution in [0.1, 0.15) is 0 Å². The highest BCUT2D eigenvalue weighted by Gasteiger charge is 2.12. The van der Waals surface area contributed by atoms with Crippen LogP contribution in [0.15, 0.2) is 115 Å². The Morgan fingerprint density at radius 3 is 1.88 bits per heavy atom. The molecule has 5 rings (SSSR count). The number of aromatic nitrogens is 1. The number of carbonyl (C=O) groups excluding carboxylic acids is 1. The lowest BCUT2D eigenvalue weighted by Crippen LogP contribution is -2.19. The van der Waals surface area contributed by atoms with Crippen molar-refractivity contribution in [3.63, 3.8) is 0 Å². The van der Waals surface area contributed by atoms with Crippen molar-refractivity contribution in [2.24, 2.45) is 0 Å². The van der Waals surface area contributed by atoms with Crippen LogP contribution in [0.5, 0.6) is 0 Å². The Morgan fingerprint density at radius 1 is 0.594 bits per heavy atom. The number of amides is 2. The van der Waals surface area contributed by atoms with E-state index in [1.165, 1.54) is 0 Å². The molecule has 0 radical (unpaired) electrons. The molecule has 0 saturated carbocycles. The van der Waals surface area contributed by atoms with Crippen LogP contribution in [-0.2, 0) is 0 Å². The standard InChI is InChI=1S/C28H21N3O/c32-28(29-23-14-8-3-9-15-23)30-24-16-17-26-22(18-24)19-25(20-10-4-1-5-11-20)27(31-26)21-12-6-2-7-13-21/h1-19H,(H2,29,30,32). The van der Waals surface area contributed by atoms with E-state index in [-0.39, 0.29) is 6.03 Å². The van der Waals surface area contributed by atoms with Crippen LogP contribution < -0.4 is 10.6 Å². The largest absolute Gasteiger partial charge is 0.323 e. The molecule has 5 aromatic rings. The SMILES string of the molecule is O=C(Nc1ccccc1)Nc1ccc2nc(-c3ccccc3)c(-c3ccccc3)cc2c1. The van der Waals surface area contributed by atoms with E-state index in [0.717, 1.165) is 39.0 Å². The predicted octanol–water partition coefficient (Wildman–Crippen LogP) is 7.21. The third-order valence-electron chi connectivity index (χ3n) is 5.24. The van der Waals surface area contributed by atoms with Gasteiger partial charge in [0.25, 0.3) is 0 Å². The number of anilines is 2. The number of nitrogens with zero attached hydrogens (tertiary/aromatic N) is 1. The number of pyridine rings is 1. The van der Waals surface area contributed by atoms with Gasteiger partial charge in [0.15, 0.2) is 0 Å². The number of para-hydroxylation sites is 1. The Morgan fingerprint density at radius 2 is 1.19 bits per heavy atom. The third kappa shape index (κ3) is 4.20. The van der Waals surface area contributed by atoms with E-state index in [9.17, 15) is 4.79 Å². The quantitative estimate of drug-likeness (QED) is 0.326. The van der Waals surface area contributed by atoms with E-state index in [4.69, 9.17) is 4.98 Å². The van der Waals surface area contributed by atoms with E-state index >= 15 is 0 Å². The number of urea groups is 1. The van der Waals surface area contributed by atoms with Gasteiger partial charge in [0.1, 0.15) is 0 Å². The van der Waals surface area contributed by atoms with Gasteiger partial charge in [-0.3, -0.25) is 0 Å². The van der Waals surface area contributed by atoms with E-state index in [2.05, 4.69) is 41.0 Å². The summed E-state index contributed by atoms with van der Waals surface area (Å²) in [5.74, 6) is 0. The molecule has 0 bridgehead atoms. The summed E-state index contributed by atoms with van der Waals surface area (Å²) in [6.45, 7) is 0. The van der Waals surface area contributed by atoms with Gasteiger partial charge in [0.05, 0.1) is 11.2 Å². The van der Waals surface area contributed by atoms with Crippen molar-refractivity contribution < 1.29 is 4.79 Å². The molecule has 0 aliphatic carbocycles. The minimum Gasteiger partial charge on any atom is -0.308 e. The highest BCUT2D eigenvalue weighted by molar-refractivity contribution is 6.01. The summed E-state index contributed by atoms with van der Waals surface area (Å²) in [5.41, 5.74) is 6.48. The predicted molar refractivity (Wildman–Crippen MR) is 132 cm³/mol. The maximum absolute atomic E-state index is 12.4. The van der Waals surface area contributed by atoms with Gasteiger partial charge >= 0.3 is 6.03 Å². The fourth-order valence-corrected chi connectivity index (χ4v) is 3.72. The second-order valence-corrected chi connectivity index (χ2v) is 7.47. The van der Waals surface area contributed by atoms with Crippen LogP contribution in [0.3, 0.4) is 0 Å². The molecule has 1 aromatic heterocycles. The van der Waals surface area contributed by atoms with E-state index in [0.29, 0.717) is 5.69 Å². The van der Waals surface area contributed by atoms with Crippen LogP contribution >= 0.6 is 0 Å². The molecule has 0 atom stereocenters. The monoisotopic (exact) mass is 415 g/mol. The van der Waals surface area contributed by atoms with Crippen molar-refractivity contribution in [1.29, 1.82) is 0 Å². The number of hydrogen-bond donors (Lipinski definition) is 2. The Balaban J connectivity index is 1.52. The lowest BCUT2D eigenvalue weighted by Gasteiger charge is -2.13. The molecular weight excluding hydrogens is 394 g/mol. The molecule has 32 heavy (non-hydrogen) atoms. The summed E-state index contributed by atoms with van der Waals surface area (Å²) in [6, 6.07) is 37.4. The molecule has 0 saturated heterocycles. The average Bonchev–Trinajstić information content (AvgIpc) is 2.85. The third-order valence-corrected chi connectivity index (χ3v) is 5.24. The second-order valence-electron chi connectivity index (χ2n) is 7.47. The smallest absolute Gasteiger partial charge is 0.308 e. The first-order valence-electron chi connectivity index (χ1n) is 10.4. The van der Waals surface area contributed by atoms with Crippen LogP contribution in [0.4, 0.5) is 16.2 Å². The van der Waals surface area contributed by atoms with Gasteiger partial charge < -0.3 is 10.6 Å². The van der Waals surface area contributed by atoms with Crippen molar-refractivity contribution in [3.8, 4) is 22.4 Å². The summed E-state index contributed by atoms with van der Waals surface area (Å²) in [4.78, 5) is 17.4. The molecule has 0 unspecified atom stereocenters. The normalized spacial score (nSPS) is 10.6. The summed E-state index contributed by atoms with van der Waals surface area (Å²) in [6.07, 6.45) is 0. The van der Waals surface area contributed by atoms with Crippen LogP contribution in [0.2, 0.25) is 0 Å². The lowest BCUT2D eigenvalue weighted by molar-refractivity contribution is 0.262. The number of benzene rings is 4. The molecule has 2 amide bonds. The molecule has 0 aliphatic rings. The summed E-state index contributed by atoms with van der Waals surface area (Å²) in [7, 11) is 0. The van der Waals surface area contributed by atoms with Crippen molar-refractivity contribution in [2.75, 3.05) is 10.6 Å². The van der Waals surface area contributed by atoms with E-state index in [1.54, 1.807) is 0 Å². The Labute approximate surface area is 186 Å². The second kappa shape index (κ2) is 8.74. The van der Waals surface area contributed by atoms with Gasteiger partial charge in [0, 0.05) is 27.9 Å². The first kappa shape index (κ1) is 19.5. The summed E-state index contributed by atoms with van der Waals surface area (Å²) in [5, 5.41) is 6.71. The molecule has 0 spiro atoms. The molecule has 0 aliphatic heterocycles. The van der Waals surface area contributed by atoms with Crippen LogP contribution in [-0.4, -0.2) is 11.0 Å². The molecule has 0 fully saturated rings. The highest BCUT2D eigenvalue weighted by Crippen LogP contribution is 2.34. The van der Waals surface area contributed by atoms with Gasteiger partial charge in [-0.2, -0.15) is 0 Å². The van der Waals surface area contributed by atoms with Crippen molar-refractivity contribution in [1.82, 2.24) is 4.98 Å². The zero-order chi connectivity index (χ0) is 21.8. The zero-order valence-electron chi connectivity index (χ0n) is 17.3. The van der Waals surface area contributed by atoms with E-state index < -0.39 is 0 Å². The van der Waals surface area contributed by atoms with Gasteiger partial charge in [-0.05, 0) is 42.0 Å². The molecule has 4 aromatic carbocycles. The summed E-state index contributed by atoms with van der Waals surface area (Å²) < 4.78 is 0.